The third kappa shape index (κ3) is 3.32. The smallest absolute Gasteiger partial charge is 0.254 e. The first-order valence-electron chi connectivity index (χ1n) is 10.4. The number of carbonyl (C=O) groups excluding carboxylic acids is 1. The van der Waals surface area contributed by atoms with E-state index < -0.39 is 0 Å². The summed E-state index contributed by atoms with van der Waals surface area (Å²) in [5.41, 5.74) is 2.29. The van der Waals surface area contributed by atoms with Crippen LogP contribution in [-0.2, 0) is 6.54 Å². The lowest BCUT2D eigenvalue weighted by molar-refractivity contribution is 0.0595. The van der Waals surface area contributed by atoms with Crippen LogP contribution in [0.3, 0.4) is 0 Å². The zero-order chi connectivity index (χ0) is 19.1. The van der Waals surface area contributed by atoms with Gasteiger partial charge in [-0.25, -0.2) is 9.97 Å². The first-order chi connectivity index (χ1) is 13.7. The highest BCUT2D eigenvalue weighted by Gasteiger charge is 2.30. The second kappa shape index (κ2) is 7.08. The number of nitrogens with zero attached hydrogens (tertiary/aromatic N) is 4. The van der Waals surface area contributed by atoms with Gasteiger partial charge in [0.05, 0.1) is 0 Å². The number of aromatic nitrogens is 3. The van der Waals surface area contributed by atoms with Crippen LogP contribution in [0.25, 0.3) is 11.1 Å². The van der Waals surface area contributed by atoms with Crippen molar-refractivity contribution >= 4 is 17.0 Å². The predicted molar refractivity (Wildman–Crippen MR) is 106 cm³/mol. The van der Waals surface area contributed by atoms with Crippen LogP contribution in [0.4, 0.5) is 0 Å². The number of amides is 1. The number of oxazole rings is 1. The molecule has 2 fully saturated rings. The quantitative estimate of drug-likeness (QED) is 0.664. The van der Waals surface area contributed by atoms with Gasteiger partial charge in [0, 0.05) is 43.0 Å². The summed E-state index contributed by atoms with van der Waals surface area (Å²) < 4.78 is 8.08. The number of hydrogen-bond donors (Lipinski definition) is 0. The Kier molecular flexibility index (Phi) is 4.41. The Morgan fingerprint density at radius 3 is 2.93 bits per heavy atom. The molecule has 2 aromatic heterocycles. The largest absolute Gasteiger partial charge is 0.440 e. The highest BCUT2D eigenvalue weighted by atomic mass is 16.3. The molecule has 0 spiro atoms. The predicted octanol–water partition coefficient (Wildman–Crippen LogP) is 4.30. The van der Waals surface area contributed by atoms with Gasteiger partial charge in [0.1, 0.15) is 11.3 Å². The van der Waals surface area contributed by atoms with Crippen molar-refractivity contribution < 1.29 is 9.21 Å². The Morgan fingerprint density at radius 2 is 2.14 bits per heavy atom. The molecule has 1 amide bonds. The summed E-state index contributed by atoms with van der Waals surface area (Å²) in [6.45, 7) is 3.74. The average Bonchev–Trinajstić information content (AvgIpc) is 3.36. The average molecular weight is 378 g/mol. The van der Waals surface area contributed by atoms with Crippen LogP contribution in [0.15, 0.2) is 35.0 Å². The Balaban J connectivity index is 1.34. The summed E-state index contributed by atoms with van der Waals surface area (Å²) in [4.78, 5) is 24.2. The van der Waals surface area contributed by atoms with Crippen LogP contribution in [0.1, 0.15) is 66.5 Å². The Labute approximate surface area is 164 Å². The lowest BCUT2D eigenvalue weighted by Gasteiger charge is -2.36. The molecule has 6 heteroatoms. The highest BCUT2D eigenvalue weighted by molar-refractivity contribution is 5.97. The maximum absolute atomic E-state index is 13.3. The maximum Gasteiger partial charge on any atom is 0.254 e. The van der Waals surface area contributed by atoms with Gasteiger partial charge in [-0.1, -0.05) is 0 Å². The normalized spacial score (nSPS) is 20.0. The molecule has 2 aliphatic rings. The molecule has 3 heterocycles. The SMILES string of the molecule is Cc1nccn1CCC1CCCCN1C(=O)c1ccc2nc(C3CC3)oc2c1. The van der Waals surface area contributed by atoms with E-state index in [1.54, 1.807) is 0 Å². The van der Waals surface area contributed by atoms with E-state index in [9.17, 15) is 4.79 Å². The number of imidazole rings is 1. The molecule has 1 aromatic carbocycles. The molecule has 28 heavy (non-hydrogen) atoms. The van der Waals surface area contributed by atoms with Gasteiger partial charge in [0.15, 0.2) is 11.5 Å². The van der Waals surface area contributed by atoms with Crippen molar-refractivity contribution in [1.29, 1.82) is 0 Å². The van der Waals surface area contributed by atoms with Gasteiger partial charge in [-0.3, -0.25) is 4.79 Å². The molecular formula is C22H26N4O2. The van der Waals surface area contributed by atoms with Crippen molar-refractivity contribution in [2.75, 3.05) is 6.54 Å². The van der Waals surface area contributed by atoms with Crippen LogP contribution in [0, 0.1) is 6.92 Å². The lowest BCUT2D eigenvalue weighted by Crippen LogP contribution is -2.44. The number of rotatable bonds is 5. The van der Waals surface area contributed by atoms with Gasteiger partial charge in [0.25, 0.3) is 5.91 Å². The Bertz CT molecular complexity index is 1000. The van der Waals surface area contributed by atoms with Gasteiger partial charge in [-0.2, -0.15) is 0 Å². The molecule has 0 bridgehead atoms. The monoisotopic (exact) mass is 378 g/mol. The van der Waals surface area contributed by atoms with E-state index >= 15 is 0 Å². The van der Waals surface area contributed by atoms with Crippen LogP contribution < -0.4 is 0 Å². The summed E-state index contributed by atoms with van der Waals surface area (Å²) in [6.07, 6.45) is 10.4. The summed E-state index contributed by atoms with van der Waals surface area (Å²) in [5.74, 6) is 2.44. The number of aryl methyl sites for hydroxylation is 2. The second-order valence-electron chi connectivity index (χ2n) is 8.11. The molecule has 1 saturated carbocycles. The van der Waals surface area contributed by atoms with Gasteiger partial charge in [-0.15, -0.1) is 0 Å². The molecule has 146 valence electrons. The molecule has 1 unspecified atom stereocenters. The number of carbonyl (C=O) groups is 1. The number of piperidine rings is 1. The van der Waals surface area contributed by atoms with E-state index in [1.807, 2.05) is 37.5 Å². The first kappa shape index (κ1) is 17.5. The van der Waals surface area contributed by atoms with Gasteiger partial charge >= 0.3 is 0 Å². The molecule has 0 radical (unpaired) electrons. The van der Waals surface area contributed by atoms with Crippen LogP contribution in [0.2, 0.25) is 0 Å². The van der Waals surface area contributed by atoms with E-state index in [4.69, 9.17) is 4.42 Å². The van der Waals surface area contributed by atoms with E-state index in [2.05, 4.69) is 19.4 Å². The number of hydrogen-bond acceptors (Lipinski definition) is 4. The standard InChI is InChI=1S/C22H26N4O2/c1-15-23-10-13-25(15)12-9-18-4-2-3-11-26(18)22(27)17-7-8-19-20(14-17)28-21(24-19)16-5-6-16/h7-8,10,13-14,16,18H,2-6,9,11-12H2,1H3. The summed E-state index contributed by atoms with van der Waals surface area (Å²) in [6, 6.07) is 5.97. The van der Waals surface area contributed by atoms with Gasteiger partial charge in [-0.05, 0) is 63.6 Å². The summed E-state index contributed by atoms with van der Waals surface area (Å²) in [7, 11) is 0. The van der Waals surface area contributed by atoms with Crippen molar-refractivity contribution in [2.24, 2.45) is 0 Å². The zero-order valence-corrected chi connectivity index (χ0v) is 16.3. The van der Waals surface area contributed by atoms with Crippen molar-refractivity contribution in [3.63, 3.8) is 0 Å². The highest BCUT2D eigenvalue weighted by Crippen LogP contribution is 2.40. The van der Waals surface area contributed by atoms with E-state index in [1.165, 1.54) is 6.42 Å². The van der Waals surface area contributed by atoms with E-state index in [-0.39, 0.29) is 11.9 Å². The van der Waals surface area contributed by atoms with Crippen LogP contribution in [-0.4, -0.2) is 37.9 Å². The fraction of sp³-hybridized carbons (Fsp3) is 0.500. The van der Waals surface area contributed by atoms with Crippen molar-refractivity contribution in [2.45, 2.75) is 64.0 Å². The molecule has 1 aliphatic heterocycles. The molecule has 1 aliphatic carbocycles. The Hall–Kier alpha value is -2.63. The van der Waals surface area contributed by atoms with Crippen molar-refractivity contribution in [3.8, 4) is 0 Å². The number of benzene rings is 1. The first-order valence-corrected chi connectivity index (χ1v) is 10.4. The van der Waals surface area contributed by atoms with E-state index in [0.29, 0.717) is 11.5 Å². The van der Waals surface area contributed by atoms with Gasteiger partial charge in [0.2, 0.25) is 0 Å². The molecule has 1 saturated heterocycles. The molecule has 5 rings (SSSR count). The van der Waals surface area contributed by atoms with Crippen molar-refractivity contribution in [1.82, 2.24) is 19.4 Å². The maximum atomic E-state index is 13.3. The fourth-order valence-corrected chi connectivity index (χ4v) is 4.24. The Morgan fingerprint density at radius 1 is 1.25 bits per heavy atom. The van der Waals surface area contributed by atoms with Crippen LogP contribution in [0.5, 0.6) is 0 Å². The molecule has 0 N–H and O–H groups in total. The minimum absolute atomic E-state index is 0.110. The molecular weight excluding hydrogens is 352 g/mol. The van der Waals surface area contributed by atoms with Crippen LogP contribution >= 0.6 is 0 Å². The van der Waals surface area contributed by atoms with Gasteiger partial charge < -0.3 is 13.9 Å². The fourth-order valence-electron chi connectivity index (χ4n) is 4.24. The minimum Gasteiger partial charge on any atom is -0.440 e. The third-order valence-corrected chi connectivity index (χ3v) is 6.09. The minimum atomic E-state index is 0.110. The number of fused-ring (bicyclic) bond motifs is 1. The molecule has 3 aromatic rings. The number of likely N-dealkylation sites (tertiary alicyclic amines) is 1. The lowest BCUT2D eigenvalue weighted by atomic mass is 9.98. The van der Waals surface area contributed by atoms with Crippen molar-refractivity contribution in [3.05, 3.63) is 47.9 Å². The zero-order valence-electron chi connectivity index (χ0n) is 16.3. The topological polar surface area (TPSA) is 64.2 Å². The molecule has 1 atom stereocenters. The third-order valence-electron chi connectivity index (χ3n) is 6.09. The summed E-state index contributed by atoms with van der Waals surface area (Å²) in [5, 5.41) is 0. The molecule has 6 nitrogen and oxygen atoms in total. The van der Waals surface area contributed by atoms with E-state index in [0.717, 1.165) is 68.0 Å². The summed E-state index contributed by atoms with van der Waals surface area (Å²) >= 11 is 0. The second-order valence-corrected chi connectivity index (χ2v) is 8.11.